The number of nitrogens with zero attached hydrogens (tertiary/aromatic N) is 3. The fraction of sp³-hybridized carbons (Fsp3) is 0.409. The number of hydrogen-bond donors (Lipinski definition) is 1. The van der Waals surface area contributed by atoms with Crippen molar-refractivity contribution in [3.05, 3.63) is 53.3 Å². The number of ether oxygens (including phenoxy) is 1. The first-order valence-electron chi connectivity index (χ1n) is 10.5. The highest BCUT2D eigenvalue weighted by Crippen LogP contribution is 2.20. The first-order chi connectivity index (χ1) is 15.3. The van der Waals surface area contributed by atoms with Crippen molar-refractivity contribution < 1.29 is 22.7 Å². The highest BCUT2D eigenvalue weighted by Gasteiger charge is 2.28. The number of carbonyl (C=O) groups excluding carboxylic acids is 2. The average Bonchev–Trinajstić information content (AvgIpc) is 2.79. The third-order valence-electron chi connectivity index (χ3n) is 5.34. The lowest BCUT2D eigenvalue weighted by Gasteiger charge is -2.33. The van der Waals surface area contributed by atoms with Crippen molar-refractivity contribution in [3.63, 3.8) is 0 Å². The zero-order chi connectivity index (χ0) is 23.3. The minimum absolute atomic E-state index is 0.140. The number of aromatic nitrogens is 1. The zero-order valence-corrected chi connectivity index (χ0v) is 19.3. The van der Waals surface area contributed by atoms with E-state index in [1.807, 2.05) is 0 Å². The summed E-state index contributed by atoms with van der Waals surface area (Å²) < 4.78 is 32.2. The number of piperazine rings is 1. The van der Waals surface area contributed by atoms with Crippen LogP contribution in [0, 0.1) is 6.92 Å². The summed E-state index contributed by atoms with van der Waals surface area (Å²) in [5, 5.41) is 2.70. The van der Waals surface area contributed by atoms with Gasteiger partial charge in [0.2, 0.25) is 10.0 Å². The Morgan fingerprint density at radius 2 is 1.69 bits per heavy atom. The molecule has 0 bridgehead atoms. The summed E-state index contributed by atoms with van der Waals surface area (Å²) in [4.78, 5) is 31.0. The van der Waals surface area contributed by atoms with Crippen LogP contribution in [-0.2, 0) is 14.8 Å². The topological polar surface area (TPSA) is 109 Å². The second kappa shape index (κ2) is 10.2. The van der Waals surface area contributed by atoms with Crippen LogP contribution in [0.2, 0.25) is 0 Å². The molecule has 0 unspecified atom stereocenters. The summed E-state index contributed by atoms with van der Waals surface area (Å²) in [6, 6.07) is 9.02. The quantitative estimate of drug-likeness (QED) is 0.631. The zero-order valence-electron chi connectivity index (χ0n) is 18.5. The SMILES string of the molecule is CCOC(=O)c1ccc(C(=O)Nc2ccc(S(=O)(=O)N3CCN(CC)CC3)cc2)nc1C. The van der Waals surface area contributed by atoms with E-state index in [1.165, 1.54) is 28.6 Å². The summed E-state index contributed by atoms with van der Waals surface area (Å²) in [6.07, 6.45) is 0. The molecule has 2 heterocycles. The van der Waals surface area contributed by atoms with E-state index < -0.39 is 21.9 Å². The smallest absolute Gasteiger partial charge is 0.339 e. The molecule has 0 spiro atoms. The van der Waals surface area contributed by atoms with Gasteiger partial charge in [0.1, 0.15) is 5.69 Å². The van der Waals surface area contributed by atoms with Gasteiger partial charge < -0.3 is 15.0 Å². The molecule has 0 saturated carbocycles. The van der Waals surface area contributed by atoms with Crippen molar-refractivity contribution in [2.75, 3.05) is 44.6 Å². The Morgan fingerprint density at radius 1 is 1.03 bits per heavy atom. The largest absolute Gasteiger partial charge is 0.462 e. The Hall–Kier alpha value is -2.82. The van der Waals surface area contributed by atoms with Gasteiger partial charge in [-0.1, -0.05) is 6.92 Å². The lowest BCUT2D eigenvalue weighted by atomic mass is 10.2. The van der Waals surface area contributed by atoms with Crippen LogP contribution in [0.4, 0.5) is 5.69 Å². The van der Waals surface area contributed by atoms with E-state index in [0.29, 0.717) is 43.1 Å². The molecule has 1 saturated heterocycles. The molecule has 1 aliphatic rings. The predicted octanol–water partition coefficient (Wildman–Crippen LogP) is 2.15. The number of esters is 1. The molecule has 1 amide bonds. The lowest BCUT2D eigenvalue weighted by molar-refractivity contribution is 0.0524. The van der Waals surface area contributed by atoms with Crippen molar-refractivity contribution in [3.8, 4) is 0 Å². The molecule has 0 radical (unpaired) electrons. The number of nitrogens with one attached hydrogen (secondary N) is 1. The van der Waals surface area contributed by atoms with Crippen LogP contribution in [-0.4, -0.2) is 73.8 Å². The first-order valence-corrected chi connectivity index (χ1v) is 12.0. The van der Waals surface area contributed by atoms with E-state index in [0.717, 1.165) is 6.54 Å². The minimum Gasteiger partial charge on any atom is -0.462 e. The van der Waals surface area contributed by atoms with Gasteiger partial charge in [-0.25, -0.2) is 18.2 Å². The fourth-order valence-electron chi connectivity index (χ4n) is 3.45. The summed E-state index contributed by atoms with van der Waals surface area (Å²) >= 11 is 0. The molecule has 3 rings (SSSR count). The number of amides is 1. The predicted molar refractivity (Wildman–Crippen MR) is 120 cm³/mol. The van der Waals surface area contributed by atoms with Gasteiger partial charge >= 0.3 is 5.97 Å². The molecule has 1 N–H and O–H groups in total. The van der Waals surface area contributed by atoms with Gasteiger partial charge in [0.25, 0.3) is 5.91 Å². The van der Waals surface area contributed by atoms with Crippen LogP contribution in [0.3, 0.4) is 0 Å². The van der Waals surface area contributed by atoms with Crippen LogP contribution < -0.4 is 5.32 Å². The minimum atomic E-state index is -3.58. The van der Waals surface area contributed by atoms with Gasteiger partial charge in [-0.05, 0) is 56.8 Å². The van der Waals surface area contributed by atoms with E-state index in [-0.39, 0.29) is 17.2 Å². The second-order valence-electron chi connectivity index (χ2n) is 7.37. The fourth-order valence-corrected chi connectivity index (χ4v) is 4.87. The maximum absolute atomic E-state index is 12.9. The average molecular weight is 461 g/mol. The van der Waals surface area contributed by atoms with E-state index in [4.69, 9.17) is 4.74 Å². The number of anilines is 1. The van der Waals surface area contributed by atoms with Gasteiger partial charge in [0, 0.05) is 31.9 Å². The monoisotopic (exact) mass is 460 g/mol. The number of hydrogen-bond acceptors (Lipinski definition) is 7. The van der Waals surface area contributed by atoms with E-state index in [9.17, 15) is 18.0 Å². The van der Waals surface area contributed by atoms with E-state index >= 15 is 0 Å². The van der Waals surface area contributed by atoms with E-state index in [1.54, 1.807) is 26.0 Å². The Kier molecular flexibility index (Phi) is 7.60. The summed E-state index contributed by atoms with van der Waals surface area (Å²) in [7, 11) is -3.58. The van der Waals surface area contributed by atoms with E-state index in [2.05, 4.69) is 22.1 Å². The molecule has 0 aliphatic carbocycles. The van der Waals surface area contributed by atoms with Gasteiger partial charge in [-0.2, -0.15) is 4.31 Å². The number of benzene rings is 1. The molecule has 1 aromatic heterocycles. The number of pyridine rings is 1. The Balaban J connectivity index is 1.67. The van der Waals surface area contributed by atoms with Gasteiger partial charge in [0.15, 0.2) is 0 Å². The molecule has 172 valence electrons. The van der Waals surface area contributed by atoms with Crippen LogP contribution in [0.25, 0.3) is 0 Å². The molecule has 9 nitrogen and oxygen atoms in total. The van der Waals surface area contributed by atoms with Crippen LogP contribution in [0.15, 0.2) is 41.3 Å². The molecular weight excluding hydrogens is 432 g/mol. The van der Waals surface area contributed by atoms with Crippen LogP contribution in [0.1, 0.15) is 40.4 Å². The molecule has 32 heavy (non-hydrogen) atoms. The van der Waals surface area contributed by atoms with Crippen LogP contribution in [0.5, 0.6) is 0 Å². The summed E-state index contributed by atoms with van der Waals surface area (Å²) in [5.41, 5.74) is 1.28. The number of likely N-dealkylation sites (N-methyl/N-ethyl adjacent to an activating group) is 1. The maximum atomic E-state index is 12.9. The Labute approximate surface area is 188 Å². The van der Waals surface area contributed by atoms with Crippen LogP contribution >= 0.6 is 0 Å². The summed E-state index contributed by atoms with van der Waals surface area (Å²) in [5.74, 6) is -0.952. The number of aryl methyl sites for hydroxylation is 1. The Bertz CT molecular complexity index is 1080. The third-order valence-corrected chi connectivity index (χ3v) is 7.26. The van der Waals surface area contributed by atoms with Crippen molar-refractivity contribution >= 4 is 27.6 Å². The molecule has 1 aliphatic heterocycles. The normalized spacial score (nSPS) is 15.3. The lowest BCUT2D eigenvalue weighted by Crippen LogP contribution is -2.48. The first kappa shape index (κ1) is 23.8. The maximum Gasteiger partial charge on any atom is 0.339 e. The Morgan fingerprint density at radius 3 is 2.25 bits per heavy atom. The molecular formula is C22H28N4O5S. The highest BCUT2D eigenvalue weighted by molar-refractivity contribution is 7.89. The molecule has 1 fully saturated rings. The number of carbonyl (C=O) groups is 2. The number of rotatable bonds is 7. The summed E-state index contributed by atoms with van der Waals surface area (Å²) in [6.45, 7) is 8.90. The van der Waals surface area contributed by atoms with Gasteiger partial charge in [-0.3, -0.25) is 4.79 Å². The second-order valence-corrected chi connectivity index (χ2v) is 9.30. The molecule has 1 aromatic carbocycles. The standard InChI is InChI=1S/C22H28N4O5S/c1-4-25-12-14-26(15-13-25)32(29,30)18-8-6-17(7-9-18)24-21(27)20-11-10-19(16(3)23-20)22(28)31-5-2/h6-11H,4-5,12-15H2,1-3H3,(H,24,27). The van der Waals surface area contributed by atoms with Crippen molar-refractivity contribution in [1.29, 1.82) is 0 Å². The molecule has 0 atom stereocenters. The molecule has 2 aromatic rings. The van der Waals surface area contributed by atoms with Crippen molar-refractivity contribution in [2.24, 2.45) is 0 Å². The van der Waals surface area contributed by atoms with Crippen molar-refractivity contribution in [2.45, 2.75) is 25.7 Å². The van der Waals surface area contributed by atoms with Gasteiger partial charge in [-0.15, -0.1) is 0 Å². The third kappa shape index (κ3) is 5.32. The van der Waals surface area contributed by atoms with Gasteiger partial charge in [0.05, 0.1) is 22.8 Å². The highest BCUT2D eigenvalue weighted by atomic mass is 32.2. The number of sulfonamides is 1. The van der Waals surface area contributed by atoms with Crippen molar-refractivity contribution in [1.82, 2.24) is 14.2 Å². The molecule has 10 heteroatoms.